The van der Waals surface area contributed by atoms with Crippen molar-refractivity contribution in [1.29, 1.82) is 0 Å². The second-order valence-electron chi connectivity index (χ2n) is 6.49. The van der Waals surface area contributed by atoms with Gasteiger partial charge < -0.3 is 20.2 Å². The Morgan fingerprint density at radius 3 is 2.70 bits per heavy atom. The molecule has 20 heavy (non-hydrogen) atoms. The summed E-state index contributed by atoms with van der Waals surface area (Å²) in [6.45, 7) is 2.83. The highest BCUT2D eigenvalue weighted by molar-refractivity contribution is 5.79. The summed E-state index contributed by atoms with van der Waals surface area (Å²) in [6, 6.07) is -0.0214. The van der Waals surface area contributed by atoms with E-state index in [1.54, 1.807) is 4.90 Å². The van der Waals surface area contributed by atoms with Gasteiger partial charge in [-0.2, -0.15) is 0 Å². The fraction of sp³-hybridized carbons (Fsp3) is 0.857. The van der Waals surface area contributed by atoms with Gasteiger partial charge in [-0.05, 0) is 45.2 Å². The lowest BCUT2D eigenvalue weighted by molar-refractivity contribution is -0.142. The van der Waals surface area contributed by atoms with E-state index < -0.39 is 5.97 Å². The van der Waals surface area contributed by atoms with E-state index >= 15 is 0 Å². The van der Waals surface area contributed by atoms with Gasteiger partial charge in [-0.1, -0.05) is 0 Å². The zero-order valence-corrected chi connectivity index (χ0v) is 11.9. The molecule has 3 aliphatic heterocycles. The molecule has 0 radical (unpaired) electrons. The van der Waals surface area contributed by atoms with Crippen molar-refractivity contribution >= 4 is 12.0 Å². The van der Waals surface area contributed by atoms with Crippen molar-refractivity contribution in [3.05, 3.63) is 0 Å². The predicted molar refractivity (Wildman–Crippen MR) is 73.4 cm³/mol. The molecule has 2 amide bonds. The Balaban J connectivity index is 1.54. The Bertz CT molecular complexity index is 414. The molecule has 2 bridgehead atoms. The summed E-state index contributed by atoms with van der Waals surface area (Å²) in [4.78, 5) is 27.6. The lowest BCUT2D eigenvalue weighted by Crippen LogP contribution is -2.45. The number of hydrogen-bond acceptors (Lipinski definition) is 3. The zero-order valence-electron chi connectivity index (χ0n) is 11.9. The molecule has 3 fully saturated rings. The van der Waals surface area contributed by atoms with Gasteiger partial charge in [-0.3, -0.25) is 4.79 Å². The van der Waals surface area contributed by atoms with Crippen molar-refractivity contribution in [3.8, 4) is 0 Å². The molecule has 0 aromatic heterocycles. The maximum atomic E-state index is 12.3. The lowest BCUT2D eigenvalue weighted by Gasteiger charge is -2.24. The summed E-state index contributed by atoms with van der Waals surface area (Å²) >= 11 is 0. The first kappa shape index (κ1) is 13.7. The SMILES string of the molecule is CN1CCC(CNC(=O)N2C3CCC2C(C(=O)O)C3)C1. The number of fused-ring (bicyclic) bond motifs is 2. The summed E-state index contributed by atoms with van der Waals surface area (Å²) in [7, 11) is 2.10. The van der Waals surface area contributed by atoms with Crippen molar-refractivity contribution in [2.75, 3.05) is 26.7 Å². The normalized spacial score (nSPS) is 36.5. The standard InChI is InChI=1S/C14H23N3O3/c1-16-5-4-9(8-16)7-15-14(20)17-10-2-3-12(17)11(6-10)13(18)19/h9-12H,2-8H2,1H3,(H,15,20)(H,18,19). The quantitative estimate of drug-likeness (QED) is 0.794. The smallest absolute Gasteiger partial charge is 0.317 e. The number of nitrogens with one attached hydrogen (secondary N) is 1. The summed E-state index contributed by atoms with van der Waals surface area (Å²) in [5, 5.41) is 12.2. The highest BCUT2D eigenvalue weighted by Crippen LogP contribution is 2.41. The number of aliphatic carboxylic acids is 1. The zero-order chi connectivity index (χ0) is 14.3. The molecule has 0 saturated carbocycles. The molecule has 3 heterocycles. The molecule has 6 nitrogen and oxygen atoms in total. The first-order valence-electron chi connectivity index (χ1n) is 7.53. The average molecular weight is 281 g/mol. The Hall–Kier alpha value is -1.30. The van der Waals surface area contributed by atoms with Crippen molar-refractivity contribution < 1.29 is 14.7 Å². The van der Waals surface area contributed by atoms with Crippen molar-refractivity contribution in [2.24, 2.45) is 11.8 Å². The van der Waals surface area contributed by atoms with E-state index in [9.17, 15) is 14.7 Å². The van der Waals surface area contributed by atoms with Gasteiger partial charge in [0.2, 0.25) is 0 Å². The van der Waals surface area contributed by atoms with Crippen LogP contribution in [0.2, 0.25) is 0 Å². The fourth-order valence-electron chi connectivity index (χ4n) is 4.09. The van der Waals surface area contributed by atoms with Crippen LogP contribution in [0.15, 0.2) is 0 Å². The van der Waals surface area contributed by atoms with Crippen LogP contribution in [0.1, 0.15) is 25.7 Å². The van der Waals surface area contributed by atoms with Crippen LogP contribution in [0.3, 0.4) is 0 Å². The van der Waals surface area contributed by atoms with E-state index in [0.717, 1.165) is 32.4 Å². The Morgan fingerprint density at radius 1 is 1.30 bits per heavy atom. The summed E-state index contributed by atoms with van der Waals surface area (Å²) in [6.07, 6.45) is 3.54. The van der Waals surface area contributed by atoms with Gasteiger partial charge in [-0.15, -0.1) is 0 Å². The third kappa shape index (κ3) is 2.37. The maximum absolute atomic E-state index is 12.3. The van der Waals surface area contributed by atoms with E-state index in [-0.39, 0.29) is 24.0 Å². The van der Waals surface area contributed by atoms with Crippen LogP contribution < -0.4 is 5.32 Å². The maximum Gasteiger partial charge on any atom is 0.317 e. The molecule has 112 valence electrons. The third-order valence-corrected chi connectivity index (χ3v) is 5.12. The second kappa shape index (κ2) is 5.24. The first-order chi connectivity index (χ1) is 9.56. The topological polar surface area (TPSA) is 72.9 Å². The third-order valence-electron chi connectivity index (χ3n) is 5.12. The van der Waals surface area contributed by atoms with Gasteiger partial charge in [0.05, 0.1) is 5.92 Å². The fourth-order valence-corrected chi connectivity index (χ4v) is 4.09. The van der Waals surface area contributed by atoms with Gasteiger partial charge in [-0.25, -0.2) is 4.79 Å². The predicted octanol–water partition coefficient (Wildman–Crippen LogP) is 0.585. The van der Waals surface area contributed by atoms with Crippen LogP contribution >= 0.6 is 0 Å². The van der Waals surface area contributed by atoms with Crippen LogP contribution in [-0.4, -0.2) is 65.7 Å². The van der Waals surface area contributed by atoms with Crippen molar-refractivity contribution in [2.45, 2.75) is 37.8 Å². The van der Waals surface area contributed by atoms with Crippen LogP contribution in [0, 0.1) is 11.8 Å². The van der Waals surface area contributed by atoms with Crippen molar-refractivity contribution in [1.82, 2.24) is 15.1 Å². The number of hydrogen-bond donors (Lipinski definition) is 2. The number of carboxylic acids is 1. The van der Waals surface area contributed by atoms with Gasteiger partial charge >= 0.3 is 12.0 Å². The molecule has 3 saturated heterocycles. The molecular weight excluding hydrogens is 258 g/mol. The van der Waals surface area contributed by atoms with Gasteiger partial charge in [0.25, 0.3) is 0 Å². The minimum absolute atomic E-state index is 0.0594. The Labute approximate surface area is 119 Å². The van der Waals surface area contributed by atoms with E-state index in [1.807, 2.05) is 0 Å². The molecule has 3 rings (SSSR count). The molecule has 2 N–H and O–H groups in total. The summed E-state index contributed by atoms with van der Waals surface area (Å²) < 4.78 is 0. The molecule has 0 spiro atoms. The first-order valence-corrected chi connectivity index (χ1v) is 7.53. The minimum atomic E-state index is -0.757. The molecule has 4 unspecified atom stereocenters. The summed E-state index contributed by atoms with van der Waals surface area (Å²) in [5.74, 6) is -0.594. The van der Waals surface area contributed by atoms with E-state index in [4.69, 9.17) is 0 Å². The number of carbonyl (C=O) groups excluding carboxylic acids is 1. The van der Waals surface area contributed by atoms with E-state index in [2.05, 4.69) is 17.3 Å². The van der Waals surface area contributed by atoms with Crippen LogP contribution in [-0.2, 0) is 4.79 Å². The van der Waals surface area contributed by atoms with Crippen LogP contribution in [0.4, 0.5) is 4.79 Å². The Kier molecular flexibility index (Phi) is 3.58. The summed E-state index contributed by atoms with van der Waals surface area (Å²) in [5.41, 5.74) is 0. The largest absolute Gasteiger partial charge is 0.481 e. The molecular formula is C14H23N3O3. The molecule has 3 aliphatic rings. The van der Waals surface area contributed by atoms with Crippen molar-refractivity contribution in [3.63, 3.8) is 0 Å². The molecule has 4 atom stereocenters. The number of likely N-dealkylation sites (tertiary alicyclic amines) is 1. The average Bonchev–Trinajstić information content (AvgIpc) is 3.09. The highest BCUT2D eigenvalue weighted by Gasteiger charge is 2.51. The molecule has 0 aromatic rings. The number of nitrogens with zero attached hydrogens (tertiary/aromatic N) is 2. The number of carboxylic acid groups (broad SMARTS) is 1. The second-order valence-corrected chi connectivity index (χ2v) is 6.49. The Morgan fingerprint density at radius 2 is 2.10 bits per heavy atom. The van der Waals surface area contributed by atoms with E-state index in [0.29, 0.717) is 18.9 Å². The monoisotopic (exact) mass is 281 g/mol. The number of amides is 2. The van der Waals surface area contributed by atoms with E-state index in [1.165, 1.54) is 0 Å². The number of urea groups is 1. The van der Waals surface area contributed by atoms with Crippen LogP contribution in [0.5, 0.6) is 0 Å². The molecule has 6 heteroatoms. The number of rotatable bonds is 3. The molecule has 0 aliphatic carbocycles. The highest BCUT2D eigenvalue weighted by atomic mass is 16.4. The number of carbonyl (C=O) groups is 2. The van der Waals surface area contributed by atoms with Gasteiger partial charge in [0, 0.05) is 25.2 Å². The van der Waals surface area contributed by atoms with Gasteiger partial charge in [0.15, 0.2) is 0 Å². The lowest BCUT2D eigenvalue weighted by atomic mass is 9.89. The molecule has 0 aromatic carbocycles. The minimum Gasteiger partial charge on any atom is -0.481 e. The van der Waals surface area contributed by atoms with Crippen LogP contribution in [0.25, 0.3) is 0 Å². The van der Waals surface area contributed by atoms with Gasteiger partial charge in [0.1, 0.15) is 0 Å².